The molecule has 1 rings (SSSR count). The number of carboxylic acid groups (broad SMARTS) is 1. The van der Waals surface area contributed by atoms with E-state index in [1.54, 1.807) is 12.3 Å². The number of aryl methyl sites for hydroxylation is 1. The van der Waals surface area contributed by atoms with E-state index < -0.39 is 12.0 Å². The summed E-state index contributed by atoms with van der Waals surface area (Å²) in [5.41, 5.74) is 0.479. The van der Waals surface area contributed by atoms with E-state index >= 15 is 0 Å². The van der Waals surface area contributed by atoms with Crippen LogP contribution in [-0.2, 0) is 20.7 Å². The molecule has 0 radical (unpaired) electrons. The average molecular weight is 308 g/mol. The topological polar surface area (TPSA) is 88.5 Å². The predicted octanol–water partition coefficient (Wildman–Crippen LogP) is 1.79. The fourth-order valence-corrected chi connectivity index (χ4v) is 1.79. The predicted molar refractivity (Wildman–Crippen MR) is 82.4 cm³/mol. The van der Waals surface area contributed by atoms with Crippen molar-refractivity contribution in [2.45, 2.75) is 51.7 Å². The molecule has 0 fully saturated rings. The van der Waals surface area contributed by atoms with Crippen molar-refractivity contribution in [1.82, 2.24) is 10.3 Å². The zero-order valence-electron chi connectivity index (χ0n) is 13.3. The molecule has 2 N–H and O–H groups in total. The van der Waals surface area contributed by atoms with Crippen LogP contribution in [0.4, 0.5) is 0 Å². The highest BCUT2D eigenvalue weighted by Crippen LogP contribution is 2.08. The number of pyridine rings is 1. The summed E-state index contributed by atoms with van der Waals surface area (Å²) in [5, 5.41) is 11.7. The Bertz CT molecular complexity index is 483. The highest BCUT2D eigenvalue weighted by atomic mass is 16.5. The molecule has 1 unspecified atom stereocenters. The highest BCUT2D eigenvalue weighted by molar-refractivity contribution is 5.83. The number of carbonyl (C=O) groups excluding carboxylic acids is 1. The molecule has 0 aliphatic carbocycles. The molecule has 0 aliphatic heterocycles. The molecule has 1 aromatic heterocycles. The summed E-state index contributed by atoms with van der Waals surface area (Å²) in [6, 6.07) is 4.56. The third kappa shape index (κ3) is 7.73. The molecule has 0 aromatic carbocycles. The van der Waals surface area contributed by atoms with Crippen LogP contribution in [0.25, 0.3) is 0 Å². The van der Waals surface area contributed by atoms with Gasteiger partial charge in [-0.05, 0) is 39.3 Å². The average Bonchev–Trinajstić information content (AvgIpc) is 2.43. The van der Waals surface area contributed by atoms with E-state index in [4.69, 9.17) is 9.84 Å². The van der Waals surface area contributed by atoms with Crippen LogP contribution in [0.2, 0.25) is 0 Å². The van der Waals surface area contributed by atoms with E-state index in [1.165, 1.54) is 0 Å². The molecule has 0 saturated carbocycles. The van der Waals surface area contributed by atoms with Gasteiger partial charge in [0.2, 0.25) is 5.91 Å². The Morgan fingerprint density at radius 3 is 2.64 bits per heavy atom. The van der Waals surface area contributed by atoms with Crippen molar-refractivity contribution in [2.75, 3.05) is 6.61 Å². The molecule has 0 aliphatic rings. The van der Waals surface area contributed by atoms with Crippen LogP contribution in [0.15, 0.2) is 24.4 Å². The number of hydrogen-bond donors (Lipinski definition) is 2. The number of hydrogen-bond acceptors (Lipinski definition) is 4. The summed E-state index contributed by atoms with van der Waals surface area (Å²) in [5.74, 6) is -1.35. The number of ether oxygens (including phenoxy) is 1. The third-order valence-corrected chi connectivity index (χ3v) is 2.91. The molecule has 1 heterocycles. The molecular weight excluding hydrogens is 284 g/mol. The molecular formula is C16H24N2O4. The lowest BCUT2D eigenvalue weighted by molar-refractivity contribution is -0.142. The first-order chi connectivity index (χ1) is 10.3. The fourth-order valence-electron chi connectivity index (χ4n) is 1.79. The van der Waals surface area contributed by atoms with Crippen molar-refractivity contribution in [3.05, 3.63) is 30.1 Å². The summed E-state index contributed by atoms with van der Waals surface area (Å²) < 4.78 is 5.50. The van der Waals surface area contributed by atoms with Gasteiger partial charge in [-0.1, -0.05) is 6.07 Å². The van der Waals surface area contributed by atoms with Crippen LogP contribution in [0.5, 0.6) is 0 Å². The highest BCUT2D eigenvalue weighted by Gasteiger charge is 2.21. The number of carboxylic acids is 1. The quantitative estimate of drug-likeness (QED) is 0.764. The fraction of sp³-hybridized carbons (Fsp3) is 0.562. The Kier molecular flexibility index (Phi) is 6.98. The zero-order chi connectivity index (χ0) is 16.6. The van der Waals surface area contributed by atoms with E-state index in [2.05, 4.69) is 10.3 Å². The van der Waals surface area contributed by atoms with Gasteiger partial charge < -0.3 is 15.2 Å². The second kappa shape index (κ2) is 8.48. The van der Waals surface area contributed by atoms with Crippen molar-refractivity contribution in [1.29, 1.82) is 0 Å². The Morgan fingerprint density at radius 2 is 2.09 bits per heavy atom. The first-order valence-electron chi connectivity index (χ1n) is 7.34. The molecule has 22 heavy (non-hydrogen) atoms. The van der Waals surface area contributed by atoms with Gasteiger partial charge in [0.05, 0.1) is 5.60 Å². The molecule has 0 spiro atoms. The maximum absolute atomic E-state index is 11.8. The van der Waals surface area contributed by atoms with Gasteiger partial charge >= 0.3 is 5.97 Å². The Balaban J connectivity index is 2.39. The maximum atomic E-state index is 11.8. The minimum Gasteiger partial charge on any atom is -0.480 e. The smallest absolute Gasteiger partial charge is 0.326 e. The van der Waals surface area contributed by atoms with Crippen molar-refractivity contribution in [2.24, 2.45) is 0 Å². The van der Waals surface area contributed by atoms with Crippen molar-refractivity contribution < 1.29 is 19.4 Å². The van der Waals surface area contributed by atoms with Gasteiger partial charge in [0, 0.05) is 31.3 Å². The minimum atomic E-state index is -1.05. The number of aromatic nitrogens is 1. The Morgan fingerprint density at radius 1 is 1.36 bits per heavy atom. The lowest BCUT2D eigenvalue weighted by atomic mass is 10.1. The van der Waals surface area contributed by atoms with Gasteiger partial charge in [0.25, 0.3) is 0 Å². The van der Waals surface area contributed by atoms with Gasteiger partial charge in [-0.15, -0.1) is 0 Å². The van der Waals surface area contributed by atoms with Crippen LogP contribution in [0.1, 0.15) is 39.3 Å². The number of nitrogens with one attached hydrogen (secondary N) is 1. The van der Waals surface area contributed by atoms with Crippen LogP contribution < -0.4 is 5.32 Å². The first kappa shape index (κ1) is 18.1. The summed E-state index contributed by atoms with van der Waals surface area (Å²) in [7, 11) is 0. The van der Waals surface area contributed by atoms with Crippen molar-refractivity contribution in [3.63, 3.8) is 0 Å². The van der Waals surface area contributed by atoms with Crippen LogP contribution in [0, 0.1) is 0 Å². The summed E-state index contributed by atoms with van der Waals surface area (Å²) in [6.07, 6.45) is 2.59. The van der Waals surface area contributed by atoms with E-state index in [9.17, 15) is 9.59 Å². The molecule has 122 valence electrons. The summed E-state index contributed by atoms with van der Waals surface area (Å²) in [6.45, 7) is 5.97. The van der Waals surface area contributed by atoms with Crippen LogP contribution >= 0.6 is 0 Å². The zero-order valence-corrected chi connectivity index (χ0v) is 13.3. The number of carbonyl (C=O) groups is 2. The van der Waals surface area contributed by atoms with Gasteiger partial charge in [0.1, 0.15) is 6.04 Å². The number of aliphatic carboxylic acids is 1. The molecule has 6 heteroatoms. The van der Waals surface area contributed by atoms with Crippen molar-refractivity contribution >= 4 is 11.9 Å². The summed E-state index contributed by atoms with van der Waals surface area (Å²) >= 11 is 0. The first-order valence-corrected chi connectivity index (χ1v) is 7.34. The SMILES string of the molecule is CC(C)(C)OCCC(NC(=O)CCc1ccccn1)C(=O)O. The van der Waals surface area contributed by atoms with Crippen LogP contribution in [0.3, 0.4) is 0 Å². The standard InChI is InChI=1S/C16H24N2O4/c1-16(2,3)22-11-9-13(15(20)21)18-14(19)8-7-12-6-4-5-10-17-12/h4-6,10,13H,7-9,11H2,1-3H3,(H,18,19)(H,20,21). The number of rotatable bonds is 8. The number of nitrogens with zero attached hydrogens (tertiary/aromatic N) is 1. The second-order valence-electron chi connectivity index (χ2n) is 6.03. The summed E-state index contributed by atoms with van der Waals surface area (Å²) in [4.78, 5) is 27.2. The minimum absolute atomic E-state index is 0.209. The van der Waals surface area contributed by atoms with E-state index in [1.807, 2.05) is 32.9 Å². The van der Waals surface area contributed by atoms with E-state index in [0.29, 0.717) is 6.42 Å². The molecule has 1 amide bonds. The van der Waals surface area contributed by atoms with Gasteiger partial charge in [-0.2, -0.15) is 0 Å². The molecule has 6 nitrogen and oxygen atoms in total. The second-order valence-corrected chi connectivity index (χ2v) is 6.03. The molecule has 0 bridgehead atoms. The lowest BCUT2D eigenvalue weighted by Crippen LogP contribution is -2.42. The monoisotopic (exact) mass is 308 g/mol. The Hall–Kier alpha value is -1.95. The van der Waals surface area contributed by atoms with E-state index in [0.717, 1.165) is 5.69 Å². The van der Waals surface area contributed by atoms with Crippen LogP contribution in [-0.4, -0.2) is 40.2 Å². The third-order valence-electron chi connectivity index (χ3n) is 2.91. The molecule has 1 aromatic rings. The maximum Gasteiger partial charge on any atom is 0.326 e. The largest absolute Gasteiger partial charge is 0.480 e. The normalized spacial score (nSPS) is 12.7. The van der Waals surface area contributed by atoms with Gasteiger partial charge in [-0.3, -0.25) is 9.78 Å². The Labute approximate surface area is 130 Å². The lowest BCUT2D eigenvalue weighted by Gasteiger charge is -2.21. The van der Waals surface area contributed by atoms with Gasteiger partial charge in [-0.25, -0.2) is 4.79 Å². The number of amides is 1. The molecule has 1 atom stereocenters. The van der Waals surface area contributed by atoms with Crippen molar-refractivity contribution in [3.8, 4) is 0 Å². The van der Waals surface area contributed by atoms with Gasteiger partial charge in [0.15, 0.2) is 0 Å². The molecule has 0 saturated heterocycles. The van der Waals surface area contributed by atoms with E-state index in [-0.39, 0.29) is 31.0 Å².